The fourth-order valence-corrected chi connectivity index (χ4v) is 5.97. The molecule has 136 valence electrons. The molecule has 3 N–H and O–H groups in total. The van der Waals surface area contributed by atoms with Gasteiger partial charge in [-0.3, -0.25) is 4.79 Å². The molecule has 0 spiro atoms. The van der Waals surface area contributed by atoms with Crippen molar-refractivity contribution in [3.8, 4) is 0 Å². The second-order valence-corrected chi connectivity index (χ2v) is 9.27. The topological polar surface area (TPSA) is 77.8 Å². The van der Waals surface area contributed by atoms with Crippen LogP contribution in [0.3, 0.4) is 0 Å². The summed E-state index contributed by atoms with van der Waals surface area (Å²) in [6.07, 6.45) is 5.94. The molecule has 0 unspecified atom stereocenters. The minimum absolute atomic E-state index is 0.0151. The normalized spacial score (nSPS) is 48.5. The molecule has 3 aliphatic rings. The van der Waals surface area contributed by atoms with E-state index in [9.17, 15) is 20.1 Å². The summed E-state index contributed by atoms with van der Waals surface area (Å²) >= 11 is 0. The Hall–Kier alpha value is -0.870. The summed E-state index contributed by atoms with van der Waals surface area (Å²) in [5.41, 5.74) is -0.744. The smallest absolute Gasteiger partial charge is 0.309 e. The lowest BCUT2D eigenvalue weighted by molar-refractivity contribution is -0.168. The van der Waals surface area contributed by atoms with E-state index in [1.807, 2.05) is 26.8 Å². The van der Waals surface area contributed by atoms with Crippen molar-refractivity contribution in [1.29, 1.82) is 0 Å². The highest BCUT2D eigenvalue weighted by molar-refractivity contribution is 5.75. The quantitative estimate of drug-likeness (QED) is 0.676. The molecule has 3 aliphatic carbocycles. The molecule has 0 saturated heterocycles. The first-order valence-corrected chi connectivity index (χ1v) is 9.41. The van der Waals surface area contributed by atoms with E-state index in [0.717, 1.165) is 24.8 Å². The molecule has 0 heterocycles. The Labute approximate surface area is 145 Å². The molecule has 0 aromatic rings. The van der Waals surface area contributed by atoms with Gasteiger partial charge in [-0.25, -0.2) is 0 Å². The van der Waals surface area contributed by atoms with Gasteiger partial charge >= 0.3 is 5.97 Å². The molecule has 0 radical (unpaired) electrons. The first-order chi connectivity index (χ1) is 11.0. The number of carboxylic acid groups (broad SMARTS) is 1. The van der Waals surface area contributed by atoms with Gasteiger partial charge in [-0.2, -0.15) is 0 Å². The van der Waals surface area contributed by atoms with E-state index >= 15 is 0 Å². The van der Waals surface area contributed by atoms with Gasteiger partial charge in [-0.15, -0.1) is 0 Å². The van der Waals surface area contributed by atoms with Gasteiger partial charge in [0.1, 0.15) is 0 Å². The number of hydrogen-bond donors (Lipinski definition) is 3. The van der Waals surface area contributed by atoms with Gasteiger partial charge in [-0.05, 0) is 67.8 Å². The SMILES string of the molecule is CC(C)[C@]1(O)C=C2[C@H](O)C[C@@H]3[C@](C)(CCC[C@@]3(C)C(=O)O)[C@H]2CC1. The van der Waals surface area contributed by atoms with Gasteiger partial charge in [0.05, 0.1) is 17.1 Å². The molecular formula is C20H32O4. The van der Waals surface area contributed by atoms with E-state index in [2.05, 4.69) is 6.92 Å². The lowest BCUT2D eigenvalue weighted by Crippen LogP contribution is -2.57. The van der Waals surface area contributed by atoms with Crippen molar-refractivity contribution >= 4 is 5.97 Å². The third-order valence-electron chi connectivity index (χ3n) is 7.76. The highest BCUT2D eigenvalue weighted by atomic mass is 16.4. The largest absolute Gasteiger partial charge is 0.481 e. The molecular weight excluding hydrogens is 304 g/mol. The third-order valence-corrected chi connectivity index (χ3v) is 7.76. The van der Waals surface area contributed by atoms with Crippen LogP contribution < -0.4 is 0 Å². The van der Waals surface area contributed by atoms with Crippen LogP contribution in [0.2, 0.25) is 0 Å². The van der Waals surface area contributed by atoms with E-state index in [1.165, 1.54) is 0 Å². The molecule has 0 aromatic carbocycles. The van der Waals surface area contributed by atoms with Crippen LogP contribution in [-0.4, -0.2) is 33.0 Å². The van der Waals surface area contributed by atoms with Gasteiger partial charge < -0.3 is 15.3 Å². The van der Waals surface area contributed by atoms with Crippen molar-refractivity contribution < 1.29 is 20.1 Å². The van der Waals surface area contributed by atoms with Crippen molar-refractivity contribution in [2.75, 3.05) is 0 Å². The zero-order valence-corrected chi connectivity index (χ0v) is 15.4. The van der Waals surface area contributed by atoms with Crippen molar-refractivity contribution in [2.24, 2.45) is 28.6 Å². The third kappa shape index (κ3) is 2.37. The maximum absolute atomic E-state index is 12.0. The molecule has 4 nitrogen and oxygen atoms in total. The van der Waals surface area contributed by atoms with Crippen molar-refractivity contribution in [3.05, 3.63) is 11.6 Å². The molecule has 0 aromatic heterocycles. The van der Waals surface area contributed by atoms with Crippen molar-refractivity contribution in [1.82, 2.24) is 0 Å². The van der Waals surface area contributed by atoms with E-state index in [0.29, 0.717) is 19.3 Å². The Morgan fingerprint density at radius 2 is 1.92 bits per heavy atom. The number of hydrogen-bond acceptors (Lipinski definition) is 3. The summed E-state index contributed by atoms with van der Waals surface area (Å²) in [5.74, 6) is -0.449. The van der Waals surface area contributed by atoms with Gasteiger partial charge in [-0.1, -0.05) is 33.3 Å². The van der Waals surface area contributed by atoms with Crippen LogP contribution in [0.5, 0.6) is 0 Å². The van der Waals surface area contributed by atoms with Gasteiger partial charge in [0.2, 0.25) is 0 Å². The first-order valence-electron chi connectivity index (χ1n) is 9.41. The molecule has 0 aliphatic heterocycles. The number of carboxylic acids is 1. The van der Waals surface area contributed by atoms with Crippen LogP contribution in [-0.2, 0) is 4.79 Å². The average Bonchev–Trinajstić information content (AvgIpc) is 2.49. The summed E-state index contributed by atoms with van der Waals surface area (Å²) in [7, 11) is 0. The van der Waals surface area contributed by atoms with E-state index < -0.39 is 23.1 Å². The first kappa shape index (κ1) is 17.9. The van der Waals surface area contributed by atoms with Gasteiger partial charge in [0, 0.05) is 0 Å². The highest BCUT2D eigenvalue weighted by Gasteiger charge is 2.60. The van der Waals surface area contributed by atoms with Gasteiger partial charge in [0.15, 0.2) is 0 Å². The molecule has 24 heavy (non-hydrogen) atoms. The van der Waals surface area contributed by atoms with Gasteiger partial charge in [0.25, 0.3) is 0 Å². The predicted molar refractivity (Wildman–Crippen MR) is 92.4 cm³/mol. The van der Waals surface area contributed by atoms with E-state index in [-0.39, 0.29) is 23.2 Å². The summed E-state index contributed by atoms with van der Waals surface area (Å²) in [6.45, 7) is 8.12. The maximum atomic E-state index is 12.0. The molecule has 2 fully saturated rings. The fourth-order valence-electron chi connectivity index (χ4n) is 5.97. The van der Waals surface area contributed by atoms with Crippen LogP contribution >= 0.6 is 0 Å². The summed E-state index contributed by atoms with van der Waals surface area (Å²) in [5, 5.41) is 31.6. The molecule has 2 saturated carbocycles. The number of carbonyl (C=O) groups is 1. The average molecular weight is 336 g/mol. The molecule has 6 atom stereocenters. The lowest BCUT2D eigenvalue weighted by atomic mass is 9.45. The zero-order chi connectivity index (χ0) is 17.9. The van der Waals surface area contributed by atoms with Crippen molar-refractivity contribution in [3.63, 3.8) is 0 Å². The monoisotopic (exact) mass is 336 g/mol. The molecule has 0 bridgehead atoms. The number of rotatable bonds is 2. The Kier molecular flexibility index (Phi) is 4.16. The minimum atomic E-state index is -0.846. The van der Waals surface area contributed by atoms with E-state index in [1.54, 1.807) is 0 Å². The standard InChI is InChI=1S/C20H32O4/c1-12(2)20(24)9-6-14-13(11-20)15(21)10-16-18(14,3)7-5-8-19(16,4)17(22)23/h11-12,14-16,21,24H,5-10H2,1-4H3,(H,22,23)/t14-,15+,16+,18+,19+,20+/m0/s1. The maximum Gasteiger partial charge on any atom is 0.309 e. The fraction of sp³-hybridized carbons (Fsp3) is 0.850. The predicted octanol–water partition coefficient (Wildman–Crippen LogP) is 3.37. The number of fused-ring (bicyclic) bond motifs is 3. The summed E-state index contributed by atoms with van der Waals surface area (Å²) in [4.78, 5) is 12.0. The summed E-state index contributed by atoms with van der Waals surface area (Å²) < 4.78 is 0. The Morgan fingerprint density at radius 3 is 2.50 bits per heavy atom. The highest BCUT2D eigenvalue weighted by Crippen LogP contribution is 2.63. The van der Waals surface area contributed by atoms with Crippen LogP contribution in [0.4, 0.5) is 0 Å². The van der Waals surface area contributed by atoms with Crippen molar-refractivity contribution in [2.45, 2.75) is 77.9 Å². The number of aliphatic hydroxyl groups excluding tert-OH is 1. The zero-order valence-electron chi connectivity index (χ0n) is 15.4. The lowest BCUT2D eigenvalue weighted by Gasteiger charge is -2.60. The second-order valence-electron chi connectivity index (χ2n) is 9.27. The Morgan fingerprint density at radius 1 is 1.25 bits per heavy atom. The van der Waals surface area contributed by atoms with Crippen LogP contribution in [0.1, 0.15) is 66.2 Å². The molecule has 3 rings (SSSR count). The summed E-state index contributed by atoms with van der Waals surface area (Å²) in [6, 6.07) is 0. The van der Waals surface area contributed by atoms with Crippen LogP contribution in [0.15, 0.2) is 11.6 Å². The van der Waals surface area contributed by atoms with E-state index in [4.69, 9.17) is 0 Å². The molecule has 4 heteroatoms. The number of aliphatic hydroxyl groups is 2. The van der Waals surface area contributed by atoms with Crippen LogP contribution in [0, 0.1) is 28.6 Å². The Bertz CT molecular complexity index is 568. The molecule has 0 amide bonds. The number of aliphatic carboxylic acids is 1. The Balaban J connectivity index is 2.04. The second kappa shape index (κ2) is 5.57. The van der Waals surface area contributed by atoms with Crippen LogP contribution in [0.25, 0.3) is 0 Å². The minimum Gasteiger partial charge on any atom is -0.481 e.